The van der Waals surface area contributed by atoms with Crippen LogP contribution in [0.5, 0.6) is 0 Å². The van der Waals surface area contributed by atoms with E-state index >= 15 is 0 Å². The lowest BCUT2D eigenvalue weighted by Crippen LogP contribution is -2.48. The van der Waals surface area contributed by atoms with E-state index in [4.69, 9.17) is 18.3 Å². The average Bonchev–Trinajstić information content (AvgIpc) is 3.73. The van der Waals surface area contributed by atoms with Crippen LogP contribution in [-0.2, 0) is 4.74 Å². The number of nitrogens with one attached hydrogen (secondary N) is 4. The minimum atomic E-state index is -0.796. The maximum atomic E-state index is 14.7. The van der Waals surface area contributed by atoms with E-state index in [9.17, 15) is 14.0 Å². The molecule has 1 atom stereocenters. The molecule has 0 unspecified atom stereocenters. The molecular weight excluding hydrogens is 488 g/mol. The van der Waals surface area contributed by atoms with Crippen molar-refractivity contribution in [3.63, 3.8) is 0 Å². The second kappa shape index (κ2) is 14.2. The molecule has 12 heteroatoms. The monoisotopic (exact) mass is 521 g/mol. The van der Waals surface area contributed by atoms with Crippen LogP contribution >= 0.6 is 0 Å². The number of amidine groups is 1. The third-order valence-electron chi connectivity index (χ3n) is 5.76. The number of halogens is 1. The molecule has 1 aromatic carbocycles. The number of carbonyl (C=O) groups excluding carboxylic acids is 2. The summed E-state index contributed by atoms with van der Waals surface area (Å²) in [5.74, 6) is -1.20. The van der Waals surface area contributed by atoms with Crippen LogP contribution in [-0.4, -0.2) is 69.5 Å². The number of rotatable bonds is 12. The molecule has 0 saturated heterocycles. The number of hydrogen-bond acceptors (Lipinski definition) is 7. The number of carbonyl (C=O) groups is 2. The summed E-state index contributed by atoms with van der Waals surface area (Å²) in [7, 11) is 7.41. The van der Waals surface area contributed by atoms with Crippen molar-refractivity contribution >= 4 is 37.0 Å². The Balaban J connectivity index is 1.81. The summed E-state index contributed by atoms with van der Waals surface area (Å²) in [6.07, 6.45) is 3.28. The molecule has 1 aliphatic carbocycles. The average molecular weight is 521 g/mol. The highest BCUT2D eigenvalue weighted by Gasteiger charge is 2.26. The van der Waals surface area contributed by atoms with Gasteiger partial charge in [-0.05, 0) is 38.0 Å². The Kier molecular flexibility index (Phi) is 10.8. The number of para-hydroxylation sites is 1. The summed E-state index contributed by atoms with van der Waals surface area (Å²) >= 11 is 0. The van der Waals surface area contributed by atoms with Crippen LogP contribution in [0.2, 0.25) is 6.32 Å². The summed E-state index contributed by atoms with van der Waals surface area (Å²) in [5.41, 5.74) is 7.39. The van der Waals surface area contributed by atoms with E-state index < -0.39 is 17.8 Å². The molecule has 1 aromatic heterocycles. The van der Waals surface area contributed by atoms with Gasteiger partial charge in [-0.2, -0.15) is 0 Å². The summed E-state index contributed by atoms with van der Waals surface area (Å²) in [5, 5.41) is 11.4. The van der Waals surface area contributed by atoms with E-state index in [1.54, 1.807) is 38.3 Å². The summed E-state index contributed by atoms with van der Waals surface area (Å²) in [6, 6.07) is 9.31. The first-order chi connectivity index (χ1) is 18.3. The van der Waals surface area contributed by atoms with Gasteiger partial charge < -0.3 is 26.4 Å². The van der Waals surface area contributed by atoms with Crippen molar-refractivity contribution in [2.24, 2.45) is 10.7 Å². The lowest BCUT2D eigenvalue weighted by atomic mass is 9.97. The smallest absolute Gasteiger partial charge is 0.320 e. The van der Waals surface area contributed by atoms with Gasteiger partial charge >= 0.3 is 6.03 Å². The first kappa shape index (κ1) is 28.8. The van der Waals surface area contributed by atoms with E-state index in [1.165, 1.54) is 6.20 Å². The van der Waals surface area contributed by atoms with Gasteiger partial charge in [0.15, 0.2) is 11.5 Å². The number of nitrogens with two attached hydrogens (primary N) is 1. The number of pyridine rings is 1. The van der Waals surface area contributed by atoms with Gasteiger partial charge in [-0.25, -0.2) is 19.2 Å². The zero-order chi connectivity index (χ0) is 27.5. The number of methoxy groups -OCH3 is 1. The molecule has 1 saturated carbocycles. The molecule has 10 nitrogen and oxygen atoms in total. The van der Waals surface area contributed by atoms with Gasteiger partial charge in [0, 0.05) is 55.3 Å². The van der Waals surface area contributed by atoms with E-state index in [-0.39, 0.29) is 41.2 Å². The van der Waals surface area contributed by atoms with Crippen LogP contribution < -0.4 is 27.0 Å². The number of nitrogens with zero attached hydrogens (tertiary/aromatic N) is 2. The van der Waals surface area contributed by atoms with Crippen molar-refractivity contribution in [3.05, 3.63) is 65.2 Å². The van der Waals surface area contributed by atoms with Crippen molar-refractivity contribution in [1.29, 1.82) is 0 Å². The minimum Gasteiger partial charge on any atom is -0.398 e. The first-order valence-corrected chi connectivity index (χ1v) is 12.4. The normalized spacial score (nSPS) is 14.9. The van der Waals surface area contributed by atoms with E-state index in [2.05, 4.69) is 31.2 Å². The van der Waals surface area contributed by atoms with Gasteiger partial charge in [-0.3, -0.25) is 10.1 Å². The molecule has 38 heavy (non-hydrogen) atoms. The summed E-state index contributed by atoms with van der Waals surface area (Å²) in [4.78, 5) is 33.6. The molecule has 3 amide bonds. The second-order valence-corrected chi connectivity index (χ2v) is 8.86. The van der Waals surface area contributed by atoms with Crippen molar-refractivity contribution < 1.29 is 18.7 Å². The highest BCUT2D eigenvalue weighted by Crippen LogP contribution is 2.21. The van der Waals surface area contributed by atoms with Gasteiger partial charge in [-0.15, -0.1) is 0 Å². The Morgan fingerprint density at radius 3 is 2.66 bits per heavy atom. The predicted octanol–water partition coefficient (Wildman–Crippen LogP) is 2.02. The zero-order valence-electron chi connectivity index (χ0n) is 21.6. The van der Waals surface area contributed by atoms with E-state index in [0.717, 1.165) is 18.9 Å². The Hall–Kier alpha value is -3.77. The van der Waals surface area contributed by atoms with Crippen LogP contribution in [0.3, 0.4) is 0 Å². The number of aromatic nitrogens is 1. The highest BCUT2D eigenvalue weighted by atomic mass is 19.1. The van der Waals surface area contributed by atoms with Gasteiger partial charge in [0.2, 0.25) is 0 Å². The molecule has 200 valence electrons. The van der Waals surface area contributed by atoms with Gasteiger partial charge in [0.1, 0.15) is 5.84 Å². The Bertz CT molecular complexity index is 1170. The number of aliphatic imine (C=N–C) groups is 1. The quantitative estimate of drug-likeness (QED) is 0.125. The Labute approximate surface area is 223 Å². The van der Waals surface area contributed by atoms with Crippen LogP contribution in [0, 0.1) is 5.82 Å². The van der Waals surface area contributed by atoms with Gasteiger partial charge in [0.25, 0.3) is 5.91 Å². The third-order valence-corrected chi connectivity index (χ3v) is 5.76. The number of benzene rings is 1. The van der Waals surface area contributed by atoms with Crippen molar-refractivity contribution in [2.75, 3.05) is 26.8 Å². The van der Waals surface area contributed by atoms with Crippen molar-refractivity contribution in [1.82, 2.24) is 26.3 Å². The lowest BCUT2D eigenvalue weighted by Gasteiger charge is -2.19. The highest BCUT2D eigenvalue weighted by molar-refractivity contribution is 6.12. The maximum absolute atomic E-state index is 14.7. The topological polar surface area (TPSA) is 143 Å². The zero-order valence-corrected chi connectivity index (χ0v) is 21.6. The Morgan fingerprint density at radius 2 is 2.03 bits per heavy atom. The van der Waals surface area contributed by atoms with E-state index in [0.29, 0.717) is 31.0 Å². The predicted molar refractivity (Wildman–Crippen MR) is 146 cm³/mol. The van der Waals surface area contributed by atoms with E-state index in [1.807, 2.05) is 6.07 Å². The molecule has 1 heterocycles. The second-order valence-electron chi connectivity index (χ2n) is 8.86. The fourth-order valence-corrected chi connectivity index (χ4v) is 3.39. The SMILES string of the molecule is [B]C[C@@H](CNCCOC)NC(=O)NC(=Nc1ccccc1)C(C)=C(N)c1cnc(C(=O)NC2CC2)c(F)c1. The summed E-state index contributed by atoms with van der Waals surface area (Å²) < 4.78 is 19.8. The molecule has 0 spiro atoms. The Morgan fingerprint density at radius 1 is 1.29 bits per heavy atom. The fourth-order valence-electron chi connectivity index (χ4n) is 3.39. The molecule has 2 radical (unpaired) electrons. The first-order valence-electron chi connectivity index (χ1n) is 12.4. The molecule has 6 N–H and O–H groups in total. The molecule has 1 aliphatic rings. The molecule has 0 aliphatic heterocycles. The van der Waals surface area contributed by atoms with Crippen molar-refractivity contribution in [2.45, 2.75) is 38.2 Å². The van der Waals surface area contributed by atoms with Crippen molar-refractivity contribution in [3.8, 4) is 0 Å². The maximum Gasteiger partial charge on any atom is 0.320 e. The number of ether oxygens (including phenoxy) is 1. The summed E-state index contributed by atoms with van der Waals surface area (Å²) in [6.45, 7) is 3.24. The van der Waals surface area contributed by atoms with Gasteiger partial charge in [-0.1, -0.05) is 24.5 Å². The largest absolute Gasteiger partial charge is 0.398 e. The van der Waals surface area contributed by atoms with Gasteiger partial charge in [0.05, 0.1) is 20.1 Å². The van der Waals surface area contributed by atoms with Crippen LogP contribution in [0.25, 0.3) is 5.70 Å². The molecule has 2 aromatic rings. The lowest BCUT2D eigenvalue weighted by molar-refractivity contribution is 0.0941. The number of hydrogen-bond donors (Lipinski definition) is 5. The minimum absolute atomic E-state index is 0.0737. The van der Waals surface area contributed by atoms with Crippen LogP contribution in [0.15, 0.2) is 53.2 Å². The van der Waals surface area contributed by atoms with Crippen LogP contribution in [0.4, 0.5) is 14.9 Å². The van der Waals surface area contributed by atoms with Crippen LogP contribution in [0.1, 0.15) is 35.8 Å². The number of urea groups is 1. The molecule has 1 fully saturated rings. The molecule has 3 rings (SSSR count). The third kappa shape index (κ3) is 8.67. The standard InChI is InChI=1S/C26H33BFN7O3/c1-16(22(29)17-12-21(28)23(31-14-17)25(36)33-19-8-9-19)24(32-18-6-4-3-5-7-18)35-26(37)34-20(13-27)15-30-10-11-38-2/h3-7,12,14,19-20,30H,8-11,13,15,29H2,1-2H3,(H,33,36)(H2,32,34,35,37)/t20-/m0/s1. The molecular formula is C26H33BFN7O3. The molecule has 0 bridgehead atoms. The fraction of sp³-hybridized carbons (Fsp3) is 0.385. The number of amides is 3.